The molecule has 1 heterocycles. The normalized spacial score (nSPS) is 16.0. The number of urea groups is 1. The minimum Gasteiger partial charge on any atom is -0.496 e. The maximum Gasteiger partial charge on any atom is 0.335 e. The molecular formula is C20H18N2O4. The average molecular weight is 350 g/mol. The molecular weight excluding hydrogens is 332 g/mol. The van der Waals surface area contributed by atoms with Gasteiger partial charge in [-0.1, -0.05) is 35.9 Å². The van der Waals surface area contributed by atoms with Crippen molar-refractivity contribution in [3.05, 3.63) is 64.7 Å². The number of methoxy groups -OCH3 is 1. The molecule has 6 nitrogen and oxygen atoms in total. The molecule has 6 heteroatoms. The number of rotatable bonds is 3. The Morgan fingerprint density at radius 1 is 1.04 bits per heavy atom. The zero-order valence-electron chi connectivity index (χ0n) is 14.7. The Balaban J connectivity index is 2.07. The van der Waals surface area contributed by atoms with E-state index in [0.717, 1.165) is 16.0 Å². The van der Waals surface area contributed by atoms with Crippen LogP contribution < -0.4 is 15.0 Å². The second kappa shape index (κ2) is 6.84. The third kappa shape index (κ3) is 3.09. The second-order valence-corrected chi connectivity index (χ2v) is 5.99. The minimum absolute atomic E-state index is 0.130. The third-order valence-electron chi connectivity index (χ3n) is 4.13. The lowest BCUT2D eigenvalue weighted by Crippen LogP contribution is -2.54. The second-order valence-electron chi connectivity index (χ2n) is 5.99. The quantitative estimate of drug-likeness (QED) is 0.682. The molecule has 1 saturated heterocycles. The summed E-state index contributed by atoms with van der Waals surface area (Å²) in [6.45, 7) is 3.73. The van der Waals surface area contributed by atoms with Crippen molar-refractivity contribution in [2.75, 3.05) is 12.0 Å². The summed E-state index contributed by atoms with van der Waals surface area (Å²) in [5.74, 6) is -0.876. The van der Waals surface area contributed by atoms with E-state index in [2.05, 4.69) is 5.32 Å². The number of ether oxygens (including phenoxy) is 1. The molecule has 132 valence electrons. The van der Waals surface area contributed by atoms with Crippen LogP contribution in [0.15, 0.2) is 48.0 Å². The largest absolute Gasteiger partial charge is 0.496 e. The van der Waals surface area contributed by atoms with Gasteiger partial charge < -0.3 is 4.74 Å². The molecule has 0 aromatic heterocycles. The van der Waals surface area contributed by atoms with Crippen LogP contribution in [-0.4, -0.2) is 25.0 Å². The maximum atomic E-state index is 12.9. The molecule has 0 radical (unpaired) electrons. The molecule has 3 rings (SSSR count). The predicted molar refractivity (Wildman–Crippen MR) is 97.9 cm³/mol. The molecule has 1 N–H and O–H groups in total. The number of para-hydroxylation sites is 1. The van der Waals surface area contributed by atoms with Gasteiger partial charge in [0.15, 0.2) is 0 Å². The van der Waals surface area contributed by atoms with Crippen molar-refractivity contribution >= 4 is 29.6 Å². The number of hydrogen-bond acceptors (Lipinski definition) is 4. The number of amides is 4. The van der Waals surface area contributed by atoms with Gasteiger partial charge in [-0.3, -0.25) is 14.9 Å². The highest BCUT2D eigenvalue weighted by Gasteiger charge is 2.37. The fourth-order valence-electron chi connectivity index (χ4n) is 2.87. The minimum atomic E-state index is -0.760. The van der Waals surface area contributed by atoms with E-state index in [0.29, 0.717) is 17.0 Å². The summed E-state index contributed by atoms with van der Waals surface area (Å²) in [5, 5.41) is 2.23. The van der Waals surface area contributed by atoms with Crippen LogP contribution in [-0.2, 0) is 9.59 Å². The van der Waals surface area contributed by atoms with Gasteiger partial charge in [-0.25, -0.2) is 9.69 Å². The number of barbiturate groups is 1. The van der Waals surface area contributed by atoms with Crippen LogP contribution in [0.25, 0.3) is 6.08 Å². The summed E-state index contributed by atoms with van der Waals surface area (Å²) in [5.41, 5.74) is 2.66. The van der Waals surface area contributed by atoms with Gasteiger partial charge >= 0.3 is 6.03 Å². The highest BCUT2D eigenvalue weighted by atomic mass is 16.5. The molecule has 2 aromatic rings. The van der Waals surface area contributed by atoms with Crippen LogP contribution in [0.3, 0.4) is 0 Å². The monoisotopic (exact) mass is 350 g/mol. The lowest BCUT2D eigenvalue weighted by Gasteiger charge is -2.27. The SMILES string of the molecule is COc1ccccc1/C=C1\C(=O)NC(=O)N(c2ccc(C)cc2C)C1=O. The van der Waals surface area contributed by atoms with Gasteiger partial charge in [-0.2, -0.15) is 0 Å². The Bertz CT molecular complexity index is 947. The molecule has 0 saturated carbocycles. The lowest BCUT2D eigenvalue weighted by atomic mass is 10.0. The van der Waals surface area contributed by atoms with Crippen molar-refractivity contribution in [1.82, 2.24) is 5.32 Å². The number of nitrogens with one attached hydrogen (secondary N) is 1. The zero-order chi connectivity index (χ0) is 18.8. The molecule has 0 unspecified atom stereocenters. The molecule has 0 aliphatic carbocycles. The number of carbonyl (C=O) groups is 3. The van der Waals surface area contributed by atoms with Crippen molar-refractivity contribution in [2.24, 2.45) is 0 Å². The fraction of sp³-hybridized carbons (Fsp3) is 0.150. The first-order valence-corrected chi connectivity index (χ1v) is 8.04. The average Bonchev–Trinajstić information content (AvgIpc) is 2.60. The number of benzene rings is 2. The van der Waals surface area contributed by atoms with Gasteiger partial charge in [0.25, 0.3) is 11.8 Å². The van der Waals surface area contributed by atoms with E-state index in [1.54, 1.807) is 30.3 Å². The van der Waals surface area contributed by atoms with Gasteiger partial charge in [0.05, 0.1) is 12.8 Å². The first-order chi connectivity index (χ1) is 12.4. The van der Waals surface area contributed by atoms with E-state index in [-0.39, 0.29) is 5.57 Å². The molecule has 0 bridgehead atoms. The smallest absolute Gasteiger partial charge is 0.335 e. The summed E-state index contributed by atoms with van der Waals surface area (Å²) >= 11 is 0. The van der Waals surface area contributed by atoms with Gasteiger partial charge in [0.1, 0.15) is 11.3 Å². The number of imide groups is 2. The number of nitrogens with zero attached hydrogens (tertiary/aromatic N) is 1. The van der Waals surface area contributed by atoms with Crippen molar-refractivity contribution in [3.8, 4) is 5.75 Å². The zero-order valence-corrected chi connectivity index (χ0v) is 14.7. The molecule has 1 fully saturated rings. The Hall–Kier alpha value is -3.41. The number of anilines is 1. The summed E-state index contributed by atoms with van der Waals surface area (Å²) in [7, 11) is 1.51. The summed E-state index contributed by atoms with van der Waals surface area (Å²) in [6, 6.07) is 11.6. The van der Waals surface area contributed by atoms with E-state index >= 15 is 0 Å². The van der Waals surface area contributed by atoms with Crippen LogP contribution in [0.5, 0.6) is 5.75 Å². The molecule has 4 amide bonds. The third-order valence-corrected chi connectivity index (χ3v) is 4.13. The topological polar surface area (TPSA) is 75.7 Å². The number of aryl methyl sites for hydroxylation is 2. The van der Waals surface area contributed by atoms with Crippen molar-refractivity contribution in [3.63, 3.8) is 0 Å². The van der Waals surface area contributed by atoms with Gasteiger partial charge in [-0.05, 0) is 37.6 Å². The van der Waals surface area contributed by atoms with Gasteiger partial charge in [-0.15, -0.1) is 0 Å². The molecule has 0 atom stereocenters. The highest BCUT2D eigenvalue weighted by Crippen LogP contribution is 2.27. The Morgan fingerprint density at radius 3 is 2.46 bits per heavy atom. The van der Waals surface area contributed by atoms with E-state index in [9.17, 15) is 14.4 Å². The van der Waals surface area contributed by atoms with Crippen LogP contribution in [0.1, 0.15) is 16.7 Å². The molecule has 1 aliphatic heterocycles. The van der Waals surface area contributed by atoms with E-state index in [4.69, 9.17) is 4.74 Å². The summed E-state index contributed by atoms with van der Waals surface area (Å²) in [4.78, 5) is 38.4. The Morgan fingerprint density at radius 2 is 1.77 bits per heavy atom. The van der Waals surface area contributed by atoms with Crippen LogP contribution >= 0.6 is 0 Å². The fourth-order valence-corrected chi connectivity index (χ4v) is 2.87. The Kier molecular flexibility index (Phi) is 4.58. The summed E-state index contributed by atoms with van der Waals surface area (Å²) in [6.07, 6.45) is 1.43. The van der Waals surface area contributed by atoms with Crippen molar-refractivity contribution < 1.29 is 19.1 Å². The Labute approximate surface area is 151 Å². The van der Waals surface area contributed by atoms with Gasteiger partial charge in [0, 0.05) is 5.56 Å². The molecule has 26 heavy (non-hydrogen) atoms. The number of carbonyl (C=O) groups excluding carboxylic acids is 3. The van der Waals surface area contributed by atoms with Gasteiger partial charge in [0.2, 0.25) is 0 Å². The predicted octanol–water partition coefficient (Wildman–Crippen LogP) is 2.98. The van der Waals surface area contributed by atoms with E-state index in [1.807, 2.05) is 26.0 Å². The summed E-state index contributed by atoms with van der Waals surface area (Å²) < 4.78 is 5.25. The maximum absolute atomic E-state index is 12.9. The first kappa shape index (κ1) is 17.4. The van der Waals surface area contributed by atoms with E-state index < -0.39 is 17.8 Å². The van der Waals surface area contributed by atoms with Crippen LogP contribution in [0.4, 0.5) is 10.5 Å². The first-order valence-electron chi connectivity index (χ1n) is 8.04. The lowest BCUT2D eigenvalue weighted by molar-refractivity contribution is -0.122. The highest BCUT2D eigenvalue weighted by molar-refractivity contribution is 6.39. The number of hydrogen-bond donors (Lipinski definition) is 1. The van der Waals surface area contributed by atoms with Crippen molar-refractivity contribution in [1.29, 1.82) is 0 Å². The van der Waals surface area contributed by atoms with Crippen LogP contribution in [0, 0.1) is 13.8 Å². The van der Waals surface area contributed by atoms with E-state index in [1.165, 1.54) is 13.2 Å². The molecule has 1 aliphatic rings. The molecule has 0 spiro atoms. The van der Waals surface area contributed by atoms with Crippen molar-refractivity contribution in [2.45, 2.75) is 13.8 Å². The standard InChI is InChI=1S/C20H18N2O4/c1-12-8-9-16(13(2)10-12)22-19(24)15(18(23)21-20(22)25)11-14-6-4-5-7-17(14)26-3/h4-11H,1-3H3,(H,21,23,25)/b15-11+. The van der Waals surface area contributed by atoms with Crippen LogP contribution in [0.2, 0.25) is 0 Å². The molecule has 2 aromatic carbocycles.